The second-order valence-corrected chi connectivity index (χ2v) is 7.74. The van der Waals surface area contributed by atoms with Crippen LogP contribution in [0.3, 0.4) is 0 Å². The van der Waals surface area contributed by atoms with E-state index in [0.29, 0.717) is 29.4 Å². The van der Waals surface area contributed by atoms with Crippen LogP contribution in [0.5, 0.6) is 0 Å². The summed E-state index contributed by atoms with van der Waals surface area (Å²) in [4.78, 5) is 12.3. The van der Waals surface area contributed by atoms with Crippen LogP contribution < -0.4 is 16.2 Å². The SMILES string of the molecule is C[C@H]1[C@@H](NC(=S)NNC(=O)Cc2cccc3ccccc23)CCC[C@@H]1C. The van der Waals surface area contributed by atoms with E-state index in [4.69, 9.17) is 12.2 Å². The number of carbonyl (C=O) groups excluding carboxylic acids is 1. The molecule has 1 amide bonds. The molecule has 0 radical (unpaired) electrons. The number of amides is 1. The lowest BCUT2D eigenvalue weighted by Gasteiger charge is -2.35. The molecule has 0 spiro atoms. The highest BCUT2D eigenvalue weighted by atomic mass is 32.1. The lowest BCUT2D eigenvalue weighted by Crippen LogP contribution is -2.52. The van der Waals surface area contributed by atoms with Crippen molar-refractivity contribution < 1.29 is 4.79 Å². The summed E-state index contributed by atoms with van der Waals surface area (Å²) in [6.45, 7) is 4.56. The number of hydrogen-bond acceptors (Lipinski definition) is 2. The van der Waals surface area contributed by atoms with Gasteiger partial charge in [0.25, 0.3) is 0 Å². The van der Waals surface area contributed by atoms with Gasteiger partial charge in [0.05, 0.1) is 6.42 Å². The molecule has 4 nitrogen and oxygen atoms in total. The molecule has 0 heterocycles. The molecule has 3 rings (SSSR count). The minimum absolute atomic E-state index is 0.101. The number of thiocarbonyl (C=S) groups is 1. The molecule has 0 saturated heterocycles. The summed E-state index contributed by atoms with van der Waals surface area (Å²) in [5, 5.41) is 6.09. The molecule has 3 N–H and O–H groups in total. The quantitative estimate of drug-likeness (QED) is 0.570. The van der Waals surface area contributed by atoms with Crippen molar-refractivity contribution in [3.05, 3.63) is 48.0 Å². The second kappa shape index (κ2) is 8.49. The fourth-order valence-electron chi connectivity index (χ4n) is 3.78. The van der Waals surface area contributed by atoms with Crippen LogP contribution in [0.2, 0.25) is 0 Å². The van der Waals surface area contributed by atoms with Crippen LogP contribution in [0.25, 0.3) is 10.8 Å². The van der Waals surface area contributed by atoms with Crippen molar-refractivity contribution in [3.63, 3.8) is 0 Å². The number of hydrogen-bond donors (Lipinski definition) is 3. The molecule has 0 bridgehead atoms. The van der Waals surface area contributed by atoms with Gasteiger partial charge in [-0.15, -0.1) is 0 Å². The fraction of sp³-hybridized carbons (Fsp3) is 0.429. The average molecular weight is 370 g/mol. The van der Waals surface area contributed by atoms with Gasteiger partial charge < -0.3 is 5.32 Å². The molecule has 2 aromatic carbocycles. The number of benzene rings is 2. The molecule has 1 aliphatic carbocycles. The molecule has 1 aliphatic rings. The lowest BCUT2D eigenvalue weighted by molar-refractivity contribution is -0.121. The van der Waals surface area contributed by atoms with Crippen molar-refractivity contribution in [3.8, 4) is 0 Å². The molecule has 5 heteroatoms. The Kier molecular flexibility index (Phi) is 6.09. The largest absolute Gasteiger partial charge is 0.358 e. The summed E-state index contributed by atoms with van der Waals surface area (Å²) in [6.07, 6.45) is 3.94. The highest BCUT2D eigenvalue weighted by molar-refractivity contribution is 7.80. The average Bonchev–Trinajstić information content (AvgIpc) is 2.64. The Balaban J connectivity index is 1.51. The summed E-state index contributed by atoms with van der Waals surface area (Å²) in [6, 6.07) is 14.5. The fourth-order valence-corrected chi connectivity index (χ4v) is 3.98. The zero-order chi connectivity index (χ0) is 18.5. The van der Waals surface area contributed by atoms with Crippen LogP contribution >= 0.6 is 12.2 Å². The smallest absolute Gasteiger partial charge is 0.242 e. The molecule has 26 heavy (non-hydrogen) atoms. The van der Waals surface area contributed by atoms with Crippen LogP contribution in [0, 0.1) is 11.8 Å². The van der Waals surface area contributed by atoms with Crippen molar-refractivity contribution in [1.82, 2.24) is 16.2 Å². The van der Waals surface area contributed by atoms with Crippen molar-refractivity contribution in [2.24, 2.45) is 11.8 Å². The summed E-state index contributed by atoms with van der Waals surface area (Å²) in [7, 11) is 0. The number of fused-ring (bicyclic) bond motifs is 1. The maximum Gasteiger partial charge on any atom is 0.242 e. The van der Waals surface area contributed by atoms with Gasteiger partial charge in [-0.2, -0.15) is 0 Å². The third-order valence-corrected chi connectivity index (χ3v) is 5.79. The van der Waals surface area contributed by atoms with E-state index in [9.17, 15) is 4.79 Å². The summed E-state index contributed by atoms with van der Waals surface area (Å²) < 4.78 is 0. The van der Waals surface area contributed by atoms with E-state index in [1.165, 1.54) is 12.8 Å². The lowest BCUT2D eigenvalue weighted by atomic mass is 9.78. The number of hydrazine groups is 1. The molecule has 3 atom stereocenters. The van der Waals surface area contributed by atoms with Gasteiger partial charge in [0, 0.05) is 6.04 Å². The van der Waals surface area contributed by atoms with E-state index >= 15 is 0 Å². The first kappa shape index (κ1) is 18.6. The standard InChI is InChI=1S/C21H27N3OS/c1-14-7-5-12-19(15(14)2)22-21(26)24-23-20(25)13-17-10-6-9-16-8-3-4-11-18(16)17/h3-4,6,8-11,14-15,19H,5,7,12-13H2,1-2H3,(H,23,25)(H2,22,24,26)/t14-,15+,19-/m0/s1. The minimum Gasteiger partial charge on any atom is -0.358 e. The summed E-state index contributed by atoms with van der Waals surface area (Å²) in [5.74, 6) is 1.18. The number of nitrogens with one attached hydrogen (secondary N) is 3. The Morgan fingerprint density at radius 3 is 2.69 bits per heavy atom. The Morgan fingerprint density at radius 2 is 1.85 bits per heavy atom. The van der Waals surface area contributed by atoms with Gasteiger partial charge in [0.1, 0.15) is 0 Å². The van der Waals surface area contributed by atoms with E-state index in [1.807, 2.05) is 30.3 Å². The molecule has 0 aromatic heterocycles. The van der Waals surface area contributed by atoms with Gasteiger partial charge in [-0.3, -0.25) is 15.6 Å². The van der Waals surface area contributed by atoms with E-state index in [-0.39, 0.29) is 5.91 Å². The maximum atomic E-state index is 12.3. The van der Waals surface area contributed by atoms with Crippen LogP contribution in [0.4, 0.5) is 0 Å². The van der Waals surface area contributed by atoms with E-state index < -0.39 is 0 Å². The van der Waals surface area contributed by atoms with Gasteiger partial charge >= 0.3 is 0 Å². The van der Waals surface area contributed by atoms with Gasteiger partial charge in [0.2, 0.25) is 5.91 Å². The predicted molar refractivity (Wildman–Crippen MR) is 111 cm³/mol. The predicted octanol–water partition coefficient (Wildman–Crippen LogP) is 3.70. The first-order valence-electron chi connectivity index (χ1n) is 9.36. The van der Waals surface area contributed by atoms with Crippen molar-refractivity contribution in [1.29, 1.82) is 0 Å². The molecule has 1 fully saturated rings. The maximum absolute atomic E-state index is 12.3. The second-order valence-electron chi connectivity index (χ2n) is 7.34. The van der Waals surface area contributed by atoms with Gasteiger partial charge in [-0.25, -0.2) is 0 Å². The zero-order valence-electron chi connectivity index (χ0n) is 15.4. The first-order valence-corrected chi connectivity index (χ1v) is 9.77. The Bertz CT molecular complexity index is 786. The normalized spacial score (nSPS) is 22.6. The van der Waals surface area contributed by atoms with Crippen molar-refractivity contribution in [2.75, 3.05) is 0 Å². The topological polar surface area (TPSA) is 53.2 Å². The van der Waals surface area contributed by atoms with Crippen LogP contribution in [-0.2, 0) is 11.2 Å². The number of carbonyl (C=O) groups is 1. The summed E-state index contributed by atoms with van der Waals surface area (Å²) in [5.41, 5.74) is 6.58. The zero-order valence-corrected chi connectivity index (χ0v) is 16.2. The van der Waals surface area contributed by atoms with Crippen molar-refractivity contribution in [2.45, 2.75) is 45.6 Å². The number of rotatable bonds is 3. The van der Waals surface area contributed by atoms with Gasteiger partial charge in [-0.1, -0.05) is 69.2 Å². The van der Waals surface area contributed by atoms with Gasteiger partial charge in [-0.05, 0) is 46.8 Å². The molecular weight excluding hydrogens is 342 g/mol. The minimum atomic E-state index is -0.101. The van der Waals surface area contributed by atoms with E-state index in [1.54, 1.807) is 0 Å². The Labute approximate surface area is 160 Å². The van der Waals surface area contributed by atoms with Gasteiger partial charge in [0.15, 0.2) is 5.11 Å². The molecule has 0 unspecified atom stereocenters. The van der Waals surface area contributed by atoms with Crippen LogP contribution in [0.1, 0.15) is 38.7 Å². The molecule has 1 saturated carbocycles. The molecule has 0 aliphatic heterocycles. The Hall–Kier alpha value is -2.14. The van der Waals surface area contributed by atoms with Crippen LogP contribution in [-0.4, -0.2) is 17.1 Å². The Morgan fingerprint density at radius 1 is 1.08 bits per heavy atom. The third kappa shape index (κ3) is 4.52. The molecular formula is C21H27N3OS. The van der Waals surface area contributed by atoms with E-state index in [2.05, 4.69) is 42.1 Å². The highest BCUT2D eigenvalue weighted by Crippen LogP contribution is 2.29. The summed E-state index contributed by atoms with van der Waals surface area (Å²) >= 11 is 5.35. The molecule has 2 aromatic rings. The van der Waals surface area contributed by atoms with Crippen molar-refractivity contribution >= 4 is 34.0 Å². The molecule has 138 valence electrons. The first-order chi connectivity index (χ1) is 12.5. The highest BCUT2D eigenvalue weighted by Gasteiger charge is 2.27. The van der Waals surface area contributed by atoms with Crippen LogP contribution in [0.15, 0.2) is 42.5 Å². The van der Waals surface area contributed by atoms with E-state index in [0.717, 1.165) is 22.8 Å². The monoisotopic (exact) mass is 369 g/mol. The third-order valence-electron chi connectivity index (χ3n) is 5.57.